The summed E-state index contributed by atoms with van der Waals surface area (Å²) in [6, 6.07) is 7.66. The Hall–Kier alpha value is -1.20. The minimum atomic E-state index is -0.0825. The van der Waals surface area contributed by atoms with E-state index in [4.69, 9.17) is 21.6 Å². The van der Waals surface area contributed by atoms with Crippen LogP contribution in [0.5, 0.6) is 5.75 Å². The summed E-state index contributed by atoms with van der Waals surface area (Å²) in [4.78, 5) is 0. The number of hydrogen-bond acceptors (Lipinski definition) is 2. The summed E-state index contributed by atoms with van der Waals surface area (Å²) < 4.78 is 5.57. The van der Waals surface area contributed by atoms with Gasteiger partial charge in [-0.25, -0.2) is 0 Å². The molecule has 0 heterocycles. The molecule has 2 nitrogen and oxygen atoms in total. The molecular weight excluding hydrogens is 210 g/mol. The highest BCUT2D eigenvalue weighted by Gasteiger charge is 2.05. The Bertz CT molecular complexity index is 370. The predicted octanol–water partition coefficient (Wildman–Crippen LogP) is 3.58. The Balaban J connectivity index is 2.75. The molecule has 1 aromatic rings. The summed E-state index contributed by atoms with van der Waals surface area (Å²) in [6.07, 6.45) is 1.19. The van der Waals surface area contributed by atoms with Gasteiger partial charge in [0.25, 0.3) is 0 Å². The summed E-state index contributed by atoms with van der Waals surface area (Å²) in [7, 11) is 0. The van der Waals surface area contributed by atoms with Crippen molar-refractivity contribution in [1.82, 2.24) is 0 Å². The van der Waals surface area contributed by atoms with Crippen LogP contribution in [0, 0.1) is 11.3 Å². The Kier molecular flexibility index (Phi) is 4.45. The van der Waals surface area contributed by atoms with E-state index < -0.39 is 0 Å². The van der Waals surface area contributed by atoms with Gasteiger partial charge in [0.2, 0.25) is 0 Å². The van der Waals surface area contributed by atoms with Crippen molar-refractivity contribution in [2.75, 3.05) is 0 Å². The second-order valence-electron chi connectivity index (χ2n) is 3.40. The quantitative estimate of drug-likeness (QED) is 0.782. The van der Waals surface area contributed by atoms with Crippen LogP contribution < -0.4 is 4.74 Å². The summed E-state index contributed by atoms with van der Waals surface area (Å²) in [6.45, 7) is 3.92. The van der Waals surface area contributed by atoms with E-state index in [9.17, 15) is 0 Å². The fourth-order valence-corrected chi connectivity index (χ4v) is 1.55. The molecule has 0 aliphatic heterocycles. The van der Waals surface area contributed by atoms with Crippen LogP contribution in [-0.2, 0) is 6.42 Å². The lowest BCUT2D eigenvalue weighted by Crippen LogP contribution is -2.10. The topological polar surface area (TPSA) is 33.0 Å². The zero-order valence-electron chi connectivity index (χ0n) is 8.96. The van der Waals surface area contributed by atoms with E-state index in [1.807, 2.05) is 32.0 Å². The average Bonchev–Trinajstić information content (AvgIpc) is 2.21. The molecule has 0 saturated heterocycles. The van der Waals surface area contributed by atoms with Crippen molar-refractivity contribution in [2.45, 2.75) is 32.8 Å². The van der Waals surface area contributed by atoms with Gasteiger partial charge in [-0.05, 0) is 37.1 Å². The highest BCUT2D eigenvalue weighted by Crippen LogP contribution is 2.23. The van der Waals surface area contributed by atoms with Crippen molar-refractivity contribution >= 4 is 11.6 Å². The van der Waals surface area contributed by atoms with Gasteiger partial charge in [-0.15, -0.1) is 0 Å². The summed E-state index contributed by atoms with van der Waals surface area (Å²) in [5.41, 5.74) is 1.07. The first-order valence-electron chi connectivity index (χ1n) is 4.99. The van der Waals surface area contributed by atoms with Crippen molar-refractivity contribution in [1.29, 1.82) is 5.26 Å². The SMILES string of the molecule is CCc1cc(OC(C)CC#N)ccc1Cl. The number of nitriles is 1. The molecule has 1 aromatic carbocycles. The second kappa shape index (κ2) is 5.63. The van der Waals surface area contributed by atoms with Gasteiger partial charge in [-0.2, -0.15) is 5.26 Å². The molecule has 0 aliphatic carbocycles. The van der Waals surface area contributed by atoms with Gasteiger partial charge < -0.3 is 4.74 Å². The lowest BCUT2D eigenvalue weighted by molar-refractivity contribution is 0.227. The molecular formula is C12H14ClNO. The molecule has 0 spiro atoms. The normalized spacial score (nSPS) is 11.9. The Morgan fingerprint density at radius 1 is 1.53 bits per heavy atom. The largest absolute Gasteiger partial charge is 0.490 e. The van der Waals surface area contributed by atoms with Crippen LogP contribution in [0.15, 0.2) is 18.2 Å². The van der Waals surface area contributed by atoms with Crippen molar-refractivity contribution in [3.8, 4) is 11.8 Å². The van der Waals surface area contributed by atoms with Crippen molar-refractivity contribution in [3.63, 3.8) is 0 Å². The van der Waals surface area contributed by atoms with Gasteiger partial charge in [-0.3, -0.25) is 0 Å². The smallest absolute Gasteiger partial charge is 0.120 e. The molecule has 0 N–H and O–H groups in total. The molecule has 1 unspecified atom stereocenters. The zero-order chi connectivity index (χ0) is 11.3. The highest BCUT2D eigenvalue weighted by molar-refractivity contribution is 6.31. The van der Waals surface area contributed by atoms with E-state index in [0.29, 0.717) is 6.42 Å². The van der Waals surface area contributed by atoms with Gasteiger partial charge in [0.1, 0.15) is 11.9 Å². The van der Waals surface area contributed by atoms with Crippen LogP contribution in [0.25, 0.3) is 0 Å². The number of aryl methyl sites for hydroxylation is 1. The van der Waals surface area contributed by atoms with E-state index in [1.165, 1.54) is 0 Å². The zero-order valence-corrected chi connectivity index (χ0v) is 9.71. The number of ether oxygens (including phenoxy) is 1. The fourth-order valence-electron chi connectivity index (χ4n) is 1.30. The van der Waals surface area contributed by atoms with Gasteiger partial charge in [0.15, 0.2) is 0 Å². The number of hydrogen-bond donors (Lipinski definition) is 0. The third-order valence-corrected chi connectivity index (χ3v) is 2.48. The van der Waals surface area contributed by atoms with Crippen LogP contribution in [0.4, 0.5) is 0 Å². The minimum Gasteiger partial charge on any atom is -0.490 e. The van der Waals surface area contributed by atoms with Crippen molar-refractivity contribution in [3.05, 3.63) is 28.8 Å². The van der Waals surface area contributed by atoms with Crippen molar-refractivity contribution < 1.29 is 4.74 Å². The Morgan fingerprint density at radius 3 is 2.87 bits per heavy atom. The maximum Gasteiger partial charge on any atom is 0.120 e. The standard InChI is InChI=1S/C12H14ClNO/c1-3-10-8-11(4-5-12(10)13)15-9(2)6-7-14/h4-5,8-9H,3,6H2,1-2H3. The third kappa shape index (κ3) is 3.45. The molecule has 1 atom stereocenters. The van der Waals surface area contributed by atoms with E-state index >= 15 is 0 Å². The van der Waals surface area contributed by atoms with E-state index in [-0.39, 0.29) is 6.10 Å². The van der Waals surface area contributed by atoms with E-state index in [2.05, 4.69) is 6.07 Å². The average molecular weight is 224 g/mol. The monoisotopic (exact) mass is 223 g/mol. The summed E-state index contributed by atoms with van der Waals surface area (Å²) >= 11 is 5.99. The summed E-state index contributed by atoms with van der Waals surface area (Å²) in [5, 5.41) is 9.27. The highest BCUT2D eigenvalue weighted by atomic mass is 35.5. The first-order valence-corrected chi connectivity index (χ1v) is 5.37. The Labute approximate surface area is 95.4 Å². The molecule has 0 fully saturated rings. The van der Waals surface area contributed by atoms with Crippen LogP contribution in [0.3, 0.4) is 0 Å². The minimum absolute atomic E-state index is 0.0825. The maximum absolute atomic E-state index is 8.51. The van der Waals surface area contributed by atoms with Crippen molar-refractivity contribution in [2.24, 2.45) is 0 Å². The number of benzene rings is 1. The molecule has 0 saturated carbocycles. The Morgan fingerprint density at radius 2 is 2.27 bits per heavy atom. The first-order chi connectivity index (χ1) is 7.17. The third-order valence-electron chi connectivity index (χ3n) is 2.11. The van der Waals surface area contributed by atoms with Crippen LogP contribution in [0.2, 0.25) is 5.02 Å². The lowest BCUT2D eigenvalue weighted by atomic mass is 10.1. The van der Waals surface area contributed by atoms with Gasteiger partial charge in [-0.1, -0.05) is 18.5 Å². The molecule has 80 valence electrons. The fraction of sp³-hybridized carbons (Fsp3) is 0.417. The van der Waals surface area contributed by atoms with Crippen LogP contribution in [0.1, 0.15) is 25.8 Å². The number of halogens is 1. The van der Waals surface area contributed by atoms with Crippen LogP contribution >= 0.6 is 11.6 Å². The van der Waals surface area contributed by atoms with Gasteiger partial charge >= 0.3 is 0 Å². The molecule has 0 radical (unpaired) electrons. The molecule has 0 aromatic heterocycles. The van der Waals surface area contributed by atoms with E-state index in [0.717, 1.165) is 22.8 Å². The molecule has 3 heteroatoms. The van der Waals surface area contributed by atoms with E-state index in [1.54, 1.807) is 0 Å². The van der Waals surface area contributed by atoms with Gasteiger partial charge in [0.05, 0.1) is 12.5 Å². The molecule has 15 heavy (non-hydrogen) atoms. The molecule has 0 aliphatic rings. The summed E-state index contributed by atoms with van der Waals surface area (Å²) in [5.74, 6) is 0.777. The molecule has 0 bridgehead atoms. The molecule has 1 rings (SSSR count). The number of nitrogens with zero attached hydrogens (tertiary/aromatic N) is 1. The lowest BCUT2D eigenvalue weighted by Gasteiger charge is -2.12. The predicted molar refractivity (Wildman–Crippen MR) is 61.2 cm³/mol. The number of rotatable bonds is 4. The maximum atomic E-state index is 8.51. The second-order valence-corrected chi connectivity index (χ2v) is 3.80. The van der Waals surface area contributed by atoms with Gasteiger partial charge in [0, 0.05) is 5.02 Å². The van der Waals surface area contributed by atoms with Crippen LogP contribution in [-0.4, -0.2) is 6.10 Å². The first kappa shape index (κ1) is 11.9. The molecule has 0 amide bonds.